The van der Waals surface area contributed by atoms with Crippen molar-refractivity contribution in [2.24, 2.45) is 5.10 Å². The number of nitrogens with one attached hydrogen (secondary N) is 2. The van der Waals surface area contributed by atoms with Gasteiger partial charge in [0.15, 0.2) is 18.1 Å². The molecule has 11 heteroatoms. The van der Waals surface area contributed by atoms with Gasteiger partial charge in [0.2, 0.25) is 0 Å². The van der Waals surface area contributed by atoms with Crippen molar-refractivity contribution >= 4 is 24.2 Å². The van der Waals surface area contributed by atoms with E-state index in [0.29, 0.717) is 11.3 Å². The van der Waals surface area contributed by atoms with Crippen molar-refractivity contribution in [3.63, 3.8) is 0 Å². The van der Waals surface area contributed by atoms with Crippen LogP contribution in [0.4, 0.5) is 4.79 Å². The molecule has 0 radical (unpaired) electrons. The van der Waals surface area contributed by atoms with Gasteiger partial charge >= 0.3 is 12.1 Å². The predicted molar refractivity (Wildman–Crippen MR) is 131 cm³/mol. The van der Waals surface area contributed by atoms with E-state index in [1.807, 2.05) is 30.3 Å². The van der Waals surface area contributed by atoms with Crippen LogP contribution in [0.15, 0.2) is 53.6 Å². The Labute approximate surface area is 209 Å². The zero-order valence-corrected chi connectivity index (χ0v) is 20.6. The number of aliphatic carboxylic acids is 1. The minimum absolute atomic E-state index is 0.112. The third-order valence-corrected chi connectivity index (χ3v) is 4.33. The maximum Gasteiger partial charge on any atom is 0.408 e. The number of carbonyl (C=O) groups is 3. The third-order valence-electron chi connectivity index (χ3n) is 4.33. The Morgan fingerprint density at radius 2 is 1.81 bits per heavy atom. The lowest BCUT2D eigenvalue weighted by atomic mass is 10.2. The Hall–Kier alpha value is -4.12. The SMILES string of the molecule is COc1cc(/C=N\NC(=O)[C@H](COCc2ccccc2)NC(=O)OC(C)(C)C)ccc1OCC(=O)O. The van der Waals surface area contributed by atoms with Crippen LogP contribution < -0.4 is 20.2 Å². The Bertz CT molecular complexity index is 1050. The molecule has 1 atom stereocenters. The molecule has 2 aromatic carbocycles. The third kappa shape index (κ3) is 10.4. The van der Waals surface area contributed by atoms with Crippen molar-refractivity contribution in [1.29, 1.82) is 0 Å². The molecule has 0 heterocycles. The van der Waals surface area contributed by atoms with Crippen molar-refractivity contribution in [3.8, 4) is 11.5 Å². The monoisotopic (exact) mass is 501 g/mol. The lowest BCUT2D eigenvalue weighted by molar-refractivity contribution is -0.139. The molecule has 36 heavy (non-hydrogen) atoms. The first-order chi connectivity index (χ1) is 17.1. The number of carbonyl (C=O) groups excluding carboxylic acids is 2. The number of amides is 2. The first-order valence-electron chi connectivity index (χ1n) is 11.0. The van der Waals surface area contributed by atoms with Gasteiger partial charge in [0, 0.05) is 0 Å². The number of methoxy groups -OCH3 is 1. The molecule has 0 aliphatic rings. The summed E-state index contributed by atoms with van der Waals surface area (Å²) < 4.78 is 21.2. The fourth-order valence-corrected chi connectivity index (χ4v) is 2.77. The second-order valence-corrected chi connectivity index (χ2v) is 8.53. The summed E-state index contributed by atoms with van der Waals surface area (Å²) in [7, 11) is 1.41. The quantitative estimate of drug-likeness (QED) is 0.297. The van der Waals surface area contributed by atoms with Crippen molar-refractivity contribution in [3.05, 3.63) is 59.7 Å². The van der Waals surface area contributed by atoms with Gasteiger partial charge < -0.3 is 29.4 Å². The van der Waals surface area contributed by atoms with E-state index in [9.17, 15) is 14.4 Å². The average Bonchev–Trinajstić information content (AvgIpc) is 2.81. The maximum atomic E-state index is 12.7. The Kier molecular flexibility index (Phi) is 10.7. The normalized spacial score (nSPS) is 12.0. The molecule has 3 N–H and O–H groups in total. The molecule has 0 unspecified atom stereocenters. The van der Waals surface area contributed by atoms with Crippen molar-refractivity contribution in [2.75, 3.05) is 20.3 Å². The number of hydrogen-bond donors (Lipinski definition) is 3. The van der Waals surface area contributed by atoms with Crippen molar-refractivity contribution < 1.29 is 38.4 Å². The van der Waals surface area contributed by atoms with Crippen LogP contribution in [-0.2, 0) is 25.7 Å². The molecule has 0 saturated carbocycles. The molecule has 0 fully saturated rings. The van der Waals surface area contributed by atoms with Crippen LogP contribution in [0.2, 0.25) is 0 Å². The second kappa shape index (κ2) is 13.7. The fourth-order valence-electron chi connectivity index (χ4n) is 2.77. The number of ether oxygens (including phenoxy) is 4. The summed E-state index contributed by atoms with van der Waals surface area (Å²) in [6.45, 7) is 4.76. The van der Waals surface area contributed by atoms with Gasteiger partial charge in [0.25, 0.3) is 5.91 Å². The fraction of sp³-hybridized carbons (Fsp3) is 0.360. The average molecular weight is 502 g/mol. The topological polar surface area (TPSA) is 145 Å². The van der Waals surface area contributed by atoms with E-state index in [4.69, 9.17) is 24.1 Å². The van der Waals surface area contributed by atoms with E-state index in [1.54, 1.807) is 32.9 Å². The molecule has 2 amide bonds. The van der Waals surface area contributed by atoms with E-state index < -0.39 is 36.2 Å². The first-order valence-corrected chi connectivity index (χ1v) is 11.0. The second-order valence-electron chi connectivity index (χ2n) is 8.53. The lowest BCUT2D eigenvalue weighted by Gasteiger charge is -2.22. The zero-order chi connectivity index (χ0) is 26.6. The highest BCUT2D eigenvalue weighted by molar-refractivity contribution is 5.87. The van der Waals surface area contributed by atoms with Crippen LogP contribution in [0, 0.1) is 0 Å². The predicted octanol–water partition coefficient (Wildman–Crippen LogP) is 2.72. The molecule has 2 rings (SSSR count). The minimum Gasteiger partial charge on any atom is -0.493 e. The Morgan fingerprint density at radius 1 is 1.08 bits per heavy atom. The molecule has 0 aromatic heterocycles. The van der Waals surface area contributed by atoms with Crippen molar-refractivity contribution in [2.45, 2.75) is 39.0 Å². The summed E-state index contributed by atoms with van der Waals surface area (Å²) in [5, 5.41) is 15.2. The van der Waals surface area contributed by atoms with E-state index >= 15 is 0 Å². The largest absolute Gasteiger partial charge is 0.493 e. The minimum atomic E-state index is -1.12. The molecular formula is C25H31N3O8. The van der Waals surface area contributed by atoms with Crippen LogP contribution >= 0.6 is 0 Å². The van der Waals surface area contributed by atoms with E-state index in [2.05, 4.69) is 15.8 Å². The number of nitrogens with zero attached hydrogens (tertiary/aromatic N) is 1. The molecular weight excluding hydrogens is 470 g/mol. The highest BCUT2D eigenvalue weighted by Gasteiger charge is 2.24. The first kappa shape index (κ1) is 28.1. The maximum absolute atomic E-state index is 12.7. The highest BCUT2D eigenvalue weighted by Crippen LogP contribution is 2.27. The number of carboxylic acid groups (broad SMARTS) is 1. The molecule has 194 valence electrons. The molecule has 0 aliphatic heterocycles. The van der Waals surface area contributed by atoms with Crippen LogP contribution in [0.1, 0.15) is 31.9 Å². The summed E-state index contributed by atoms with van der Waals surface area (Å²) in [6.07, 6.45) is 0.591. The van der Waals surface area contributed by atoms with Gasteiger partial charge in [-0.2, -0.15) is 5.10 Å². The number of carboxylic acids is 1. The van der Waals surface area contributed by atoms with Gasteiger partial charge in [-0.25, -0.2) is 15.0 Å². The number of alkyl carbamates (subject to hydrolysis) is 1. The van der Waals surface area contributed by atoms with E-state index in [1.165, 1.54) is 19.4 Å². The van der Waals surface area contributed by atoms with Crippen molar-refractivity contribution in [1.82, 2.24) is 10.7 Å². The highest BCUT2D eigenvalue weighted by atomic mass is 16.6. The molecule has 0 spiro atoms. The number of rotatable bonds is 12. The summed E-state index contributed by atoms with van der Waals surface area (Å²) in [4.78, 5) is 35.7. The molecule has 0 bridgehead atoms. The summed E-state index contributed by atoms with van der Waals surface area (Å²) >= 11 is 0. The van der Waals surface area contributed by atoms with Gasteiger partial charge in [-0.15, -0.1) is 0 Å². The van der Waals surface area contributed by atoms with Crippen LogP contribution in [0.5, 0.6) is 11.5 Å². The van der Waals surface area contributed by atoms with Crippen LogP contribution in [0.25, 0.3) is 0 Å². The van der Waals surface area contributed by atoms with Gasteiger partial charge in [-0.3, -0.25) is 4.79 Å². The van der Waals surface area contributed by atoms with Gasteiger partial charge in [0.1, 0.15) is 11.6 Å². The lowest BCUT2D eigenvalue weighted by Crippen LogP contribution is -2.49. The van der Waals surface area contributed by atoms with Gasteiger partial charge in [-0.1, -0.05) is 30.3 Å². The van der Waals surface area contributed by atoms with Gasteiger partial charge in [0.05, 0.1) is 26.5 Å². The standard InChI is InChI=1S/C25H31N3O8/c1-25(2,3)36-24(32)27-19(15-34-14-17-8-6-5-7-9-17)23(31)28-26-13-18-10-11-20(21(12-18)33-4)35-16-22(29)30/h5-13,19H,14-16H2,1-4H3,(H,27,32)(H,28,31)(H,29,30)/b26-13-/t19-/m0/s1. The van der Waals surface area contributed by atoms with Gasteiger partial charge in [-0.05, 0) is 50.1 Å². The summed E-state index contributed by atoms with van der Waals surface area (Å²) in [6, 6.07) is 13.0. The molecule has 2 aromatic rings. The summed E-state index contributed by atoms with van der Waals surface area (Å²) in [5.74, 6) is -1.19. The van der Waals surface area contributed by atoms with E-state index in [-0.39, 0.29) is 19.0 Å². The number of hydrazone groups is 1. The number of benzene rings is 2. The molecule has 0 saturated heterocycles. The Balaban J connectivity index is 2.02. The zero-order valence-electron chi connectivity index (χ0n) is 20.6. The van der Waals surface area contributed by atoms with E-state index in [0.717, 1.165) is 5.56 Å². The summed E-state index contributed by atoms with van der Waals surface area (Å²) in [5.41, 5.74) is 3.09. The van der Waals surface area contributed by atoms with Crippen LogP contribution in [-0.4, -0.2) is 61.3 Å². The molecule has 11 nitrogen and oxygen atoms in total. The Morgan fingerprint density at radius 3 is 2.44 bits per heavy atom. The number of hydrogen-bond acceptors (Lipinski definition) is 8. The molecule has 0 aliphatic carbocycles. The van der Waals surface area contributed by atoms with Crippen LogP contribution in [0.3, 0.4) is 0 Å². The smallest absolute Gasteiger partial charge is 0.408 e.